The van der Waals surface area contributed by atoms with E-state index in [1.807, 2.05) is 36.2 Å². The predicted octanol–water partition coefficient (Wildman–Crippen LogP) is 3.13. The van der Waals surface area contributed by atoms with Crippen molar-refractivity contribution in [2.75, 3.05) is 18.5 Å². The summed E-state index contributed by atoms with van der Waals surface area (Å²) in [6.07, 6.45) is 7.52. The van der Waals surface area contributed by atoms with Crippen LogP contribution in [0.5, 0.6) is 0 Å². The summed E-state index contributed by atoms with van der Waals surface area (Å²) in [4.78, 5) is 26.8. The Morgan fingerprint density at radius 2 is 1.70 bits per heavy atom. The highest BCUT2D eigenvalue weighted by molar-refractivity contribution is 6.30. The van der Waals surface area contributed by atoms with Gasteiger partial charge in [0.15, 0.2) is 0 Å². The summed E-state index contributed by atoms with van der Waals surface area (Å²) in [7, 11) is 1.93. The lowest BCUT2D eigenvalue weighted by Crippen LogP contribution is -2.25. The van der Waals surface area contributed by atoms with Gasteiger partial charge in [0.2, 0.25) is 5.95 Å². The lowest BCUT2D eigenvalue weighted by Gasteiger charge is -2.16. The third-order valence-electron chi connectivity index (χ3n) is 4.09. The molecule has 7 heteroatoms. The smallest absolute Gasteiger partial charge is 0.254 e. The molecule has 138 valence electrons. The van der Waals surface area contributed by atoms with Crippen molar-refractivity contribution < 1.29 is 4.79 Å². The summed E-state index contributed by atoms with van der Waals surface area (Å²) in [6.45, 7) is 1.19. The van der Waals surface area contributed by atoms with Crippen LogP contribution in [0.3, 0.4) is 0 Å². The molecular weight excluding hydrogens is 362 g/mol. The molecule has 1 aromatic carbocycles. The van der Waals surface area contributed by atoms with Gasteiger partial charge in [0, 0.05) is 49.9 Å². The van der Waals surface area contributed by atoms with Crippen LogP contribution in [0.2, 0.25) is 5.02 Å². The lowest BCUT2D eigenvalue weighted by atomic mass is 10.2. The minimum atomic E-state index is -0.212. The molecule has 0 aliphatic rings. The zero-order chi connectivity index (χ0) is 19.1. The molecule has 1 amide bonds. The number of hydrogen-bond acceptors (Lipinski definition) is 5. The van der Waals surface area contributed by atoms with Gasteiger partial charge >= 0.3 is 0 Å². The van der Waals surface area contributed by atoms with Crippen molar-refractivity contribution in [3.05, 3.63) is 82.9 Å². The van der Waals surface area contributed by atoms with Crippen LogP contribution in [-0.4, -0.2) is 34.5 Å². The quantitative estimate of drug-likeness (QED) is 0.680. The van der Waals surface area contributed by atoms with E-state index in [9.17, 15) is 4.79 Å². The fourth-order valence-electron chi connectivity index (χ4n) is 2.47. The fourth-order valence-corrected chi connectivity index (χ4v) is 2.59. The molecule has 0 saturated carbocycles. The van der Waals surface area contributed by atoms with Crippen molar-refractivity contribution in [1.82, 2.24) is 20.3 Å². The van der Waals surface area contributed by atoms with Gasteiger partial charge in [0.25, 0.3) is 5.91 Å². The van der Waals surface area contributed by atoms with Crippen LogP contribution < -0.4 is 10.2 Å². The number of halogens is 1. The number of anilines is 1. The van der Waals surface area contributed by atoms with E-state index >= 15 is 0 Å². The van der Waals surface area contributed by atoms with Gasteiger partial charge in [-0.1, -0.05) is 23.7 Å². The predicted molar refractivity (Wildman–Crippen MR) is 106 cm³/mol. The van der Waals surface area contributed by atoms with E-state index in [1.54, 1.807) is 36.9 Å². The van der Waals surface area contributed by atoms with E-state index in [-0.39, 0.29) is 5.91 Å². The third kappa shape index (κ3) is 5.49. The van der Waals surface area contributed by atoms with Crippen molar-refractivity contribution in [2.45, 2.75) is 13.0 Å². The zero-order valence-corrected chi connectivity index (χ0v) is 15.7. The van der Waals surface area contributed by atoms with Crippen molar-refractivity contribution in [3.63, 3.8) is 0 Å². The molecule has 0 spiro atoms. The summed E-state index contributed by atoms with van der Waals surface area (Å²) in [5.41, 5.74) is 2.60. The minimum Gasteiger partial charge on any atom is -0.348 e. The first-order valence-electron chi connectivity index (χ1n) is 8.56. The van der Waals surface area contributed by atoms with Crippen LogP contribution in [0.4, 0.5) is 5.95 Å². The molecular formula is C20H20ClN5O. The van der Waals surface area contributed by atoms with Crippen LogP contribution in [0.25, 0.3) is 0 Å². The van der Waals surface area contributed by atoms with E-state index in [0.717, 1.165) is 18.5 Å². The average Bonchev–Trinajstić information content (AvgIpc) is 2.72. The molecule has 3 aromatic rings. The van der Waals surface area contributed by atoms with E-state index in [0.29, 0.717) is 23.1 Å². The molecule has 0 saturated heterocycles. The van der Waals surface area contributed by atoms with E-state index in [4.69, 9.17) is 11.6 Å². The molecule has 0 fully saturated rings. The molecule has 0 unspecified atom stereocenters. The summed E-state index contributed by atoms with van der Waals surface area (Å²) in [6, 6.07) is 11.3. The molecule has 0 atom stereocenters. The zero-order valence-electron chi connectivity index (χ0n) is 15.0. The lowest BCUT2D eigenvalue weighted by molar-refractivity contribution is 0.0950. The normalized spacial score (nSPS) is 10.4. The Hall–Kier alpha value is -2.99. The molecule has 0 radical (unpaired) electrons. The van der Waals surface area contributed by atoms with Gasteiger partial charge in [-0.15, -0.1) is 0 Å². The van der Waals surface area contributed by atoms with Crippen LogP contribution in [0.15, 0.2) is 61.2 Å². The number of carbonyl (C=O) groups is 1. The number of pyridine rings is 1. The summed E-state index contributed by atoms with van der Waals surface area (Å²) >= 11 is 5.86. The Morgan fingerprint density at radius 3 is 2.37 bits per heavy atom. The molecule has 0 aliphatic carbocycles. The second kappa shape index (κ2) is 9.09. The van der Waals surface area contributed by atoms with Crippen LogP contribution in [0, 0.1) is 0 Å². The van der Waals surface area contributed by atoms with Crippen LogP contribution in [0.1, 0.15) is 21.5 Å². The highest BCUT2D eigenvalue weighted by atomic mass is 35.5. The number of likely N-dealkylation sites (N-methyl/N-ethyl adjacent to an activating group) is 1. The molecule has 3 rings (SSSR count). The van der Waals surface area contributed by atoms with Gasteiger partial charge < -0.3 is 10.2 Å². The first kappa shape index (κ1) is 18.8. The van der Waals surface area contributed by atoms with Crippen LogP contribution in [-0.2, 0) is 13.0 Å². The molecule has 6 nitrogen and oxygen atoms in total. The first-order chi connectivity index (χ1) is 13.1. The van der Waals surface area contributed by atoms with Crippen molar-refractivity contribution in [1.29, 1.82) is 0 Å². The number of carbonyl (C=O) groups excluding carboxylic acids is 1. The number of rotatable bonds is 7. The molecule has 2 aromatic heterocycles. The third-order valence-corrected chi connectivity index (χ3v) is 4.35. The van der Waals surface area contributed by atoms with E-state index < -0.39 is 0 Å². The molecule has 0 aliphatic heterocycles. The standard InChI is InChI=1S/C20H20ClN5O/c1-26(11-8-15-6-9-22-10-7-15)20-24-13-17(14-25-20)19(27)23-12-16-2-4-18(21)5-3-16/h2-7,9-10,13-14H,8,11-12H2,1H3,(H,23,27). The fraction of sp³-hybridized carbons (Fsp3) is 0.200. The number of nitrogens with one attached hydrogen (secondary N) is 1. The Labute approximate surface area is 163 Å². The molecule has 2 heterocycles. The monoisotopic (exact) mass is 381 g/mol. The van der Waals surface area contributed by atoms with E-state index in [1.165, 1.54) is 5.56 Å². The van der Waals surface area contributed by atoms with Gasteiger partial charge in [-0.25, -0.2) is 9.97 Å². The Balaban J connectivity index is 1.52. The maximum Gasteiger partial charge on any atom is 0.254 e. The van der Waals surface area contributed by atoms with Gasteiger partial charge in [-0.3, -0.25) is 9.78 Å². The molecule has 27 heavy (non-hydrogen) atoms. The largest absolute Gasteiger partial charge is 0.348 e. The van der Waals surface area contributed by atoms with Gasteiger partial charge in [-0.2, -0.15) is 0 Å². The number of amides is 1. The molecule has 1 N–H and O–H groups in total. The SMILES string of the molecule is CN(CCc1ccncc1)c1ncc(C(=O)NCc2ccc(Cl)cc2)cn1. The average molecular weight is 382 g/mol. The summed E-state index contributed by atoms with van der Waals surface area (Å²) < 4.78 is 0. The summed E-state index contributed by atoms with van der Waals surface area (Å²) in [5, 5.41) is 3.52. The maximum atomic E-state index is 12.2. The Morgan fingerprint density at radius 1 is 1.04 bits per heavy atom. The second-order valence-electron chi connectivity index (χ2n) is 6.11. The molecule has 0 bridgehead atoms. The van der Waals surface area contributed by atoms with Crippen molar-refractivity contribution >= 4 is 23.5 Å². The Bertz CT molecular complexity index is 869. The number of nitrogens with zero attached hydrogens (tertiary/aromatic N) is 4. The minimum absolute atomic E-state index is 0.212. The highest BCUT2D eigenvalue weighted by Gasteiger charge is 2.09. The Kier molecular flexibility index (Phi) is 6.33. The highest BCUT2D eigenvalue weighted by Crippen LogP contribution is 2.10. The topological polar surface area (TPSA) is 71.0 Å². The van der Waals surface area contributed by atoms with Gasteiger partial charge in [-0.05, 0) is 41.8 Å². The van der Waals surface area contributed by atoms with Crippen LogP contribution >= 0.6 is 11.6 Å². The first-order valence-corrected chi connectivity index (χ1v) is 8.94. The van der Waals surface area contributed by atoms with Gasteiger partial charge in [0.05, 0.1) is 5.56 Å². The van der Waals surface area contributed by atoms with Gasteiger partial charge in [0.1, 0.15) is 0 Å². The van der Waals surface area contributed by atoms with Crippen molar-refractivity contribution in [2.24, 2.45) is 0 Å². The number of benzene rings is 1. The number of hydrogen-bond donors (Lipinski definition) is 1. The summed E-state index contributed by atoms with van der Waals surface area (Å²) in [5.74, 6) is 0.370. The number of aromatic nitrogens is 3. The van der Waals surface area contributed by atoms with Crippen molar-refractivity contribution in [3.8, 4) is 0 Å². The van der Waals surface area contributed by atoms with E-state index in [2.05, 4.69) is 20.3 Å². The maximum absolute atomic E-state index is 12.2. The second-order valence-corrected chi connectivity index (χ2v) is 6.54.